The van der Waals surface area contributed by atoms with Crippen LogP contribution in [0.25, 0.3) is 6.08 Å². The zero-order valence-electron chi connectivity index (χ0n) is 17.8. The maximum absolute atomic E-state index is 13.0. The van der Waals surface area contributed by atoms with Crippen molar-refractivity contribution in [2.45, 2.75) is 50.6 Å². The molecule has 32 heavy (non-hydrogen) atoms. The van der Waals surface area contributed by atoms with Gasteiger partial charge in [-0.1, -0.05) is 19.1 Å². The maximum atomic E-state index is 13.0. The topological polar surface area (TPSA) is 102 Å². The Bertz CT molecular complexity index is 1030. The fraction of sp³-hybridized carbons (Fsp3) is 0.417. The molecule has 0 aromatic heterocycles. The molecular weight excluding hydrogens is 419 g/mol. The van der Waals surface area contributed by atoms with Crippen LogP contribution in [0.2, 0.25) is 0 Å². The number of halogens is 1. The minimum Gasteiger partial charge on any atom is -0.457 e. The molecule has 3 heterocycles. The molecule has 3 aliphatic rings. The largest absolute Gasteiger partial charge is 0.457 e. The second-order valence-electron chi connectivity index (χ2n) is 8.70. The molecule has 7 nitrogen and oxygen atoms in total. The van der Waals surface area contributed by atoms with E-state index >= 15 is 0 Å². The molecule has 4 rings (SSSR count). The molecule has 2 N–H and O–H groups in total. The van der Waals surface area contributed by atoms with Crippen molar-refractivity contribution in [3.8, 4) is 0 Å². The van der Waals surface area contributed by atoms with Crippen LogP contribution >= 0.6 is 0 Å². The summed E-state index contributed by atoms with van der Waals surface area (Å²) >= 11 is 0. The van der Waals surface area contributed by atoms with Gasteiger partial charge in [0.15, 0.2) is 5.79 Å². The van der Waals surface area contributed by atoms with Crippen LogP contribution in [-0.4, -0.2) is 46.3 Å². The monoisotopic (exact) mass is 444 g/mol. The molecule has 1 saturated heterocycles. The van der Waals surface area contributed by atoms with Crippen molar-refractivity contribution in [1.29, 1.82) is 0 Å². The molecule has 4 atom stereocenters. The average Bonchev–Trinajstić information content (AvgIpc) is 3.22. The molecule has 2 unspecified atom stereocenters. The van der Waals surface area contributed by atoms with E-state index in [9.17, 15) is 24.2 Å². The summed E-state index contributed by atoms with van der Waals surface area (Å²) in [6, 6.07) is 5.56. The lowest BCUT2D eigenvalue weighted by atomic mass is 9.86. The molecular formula is C24H25FO7. The van der Waals surface area contributed by atoms with Crippen molar-refractivity contribution in [1.82, 2.24) is 0 Å². The number of hydrogen-bond donors (Lipinski definition) is 2. The second kappa shape index (κ2) is 8.27. The van der Waals surface area contributed by atoms with Gasteiger partial charge >= 0.3 is 11.9 Å². The molecule has 0 amide bonds. The van der Waals surface area contributed by atoms with E-state index in [1.54, 1.807) is 19.9 Å². The van der Waals surface area contributed by atoms with Crippen LogP contribution in [0.3, 0.4) is 0 Å². The maximum Gasteiger partial charge on any atom is 0.343 e. The predicted octanol–water partition coefficient (Wildman–Crippen LogP) is 2.78. The molecule has 8 heteroatoms. The van der Waals surface area contributed by atoms with Crippen molar-refractivity contribution < 1.29 is 38.4 Å². The van der Waals surface area contributed by atoms with Crippen LogP contribution < -0.4 is 0 Å². The summed E-state index contributed by atoms with van der Waals surface area (Å²) in [4.78, 5) is 24.6. The smallest absolute Gasteiger partial charge is 0.343 e. The van der Waals surface area contributed by atoms with Gasteiger partial charge in [0, 0.05) is 24.0 Å². The highest BCUT2D eigenvalue weighted by molar-refractivity contribution is 5.96. The number of carbonyl (C=O) groups is 2. The van der Waals surface area contributed by atoms with Crippen LogP contribution in [0.4, 0.5) is 4.39 Å². The van der Waals surface area contributed by atoms with E-state index in [0.29, 0.717) is 18.4 Å². The van der Waals surface area contributed by atoms with E-state index in [1.165, 1.54) is 36.4 Å². The second-order valence-corrected chi connectivity index (χ2v) is 8.70. The third kappa shape index (κ3) is 4.39. The summed E-state index contributed by atoms with van der Waals surface area (Å²) in [5.74, 6) is -3.42. The van der Waals surface area contributed by atoms with Gasteiger partial charge in [-0.3, -0.25) is 0 Å². The predicted molar refractivity (Wildman–Crippen MR) is 111 cm³/mol. The molecule has 0 aliphatic carbocycles. The van der Waals surface area contributed by atoms with Crippen molar-refractivity contribution in [3.63, 3.8) is 0 Å². The number of carbonyl (C=O) groups excluding carboxylic acids is 2. The van der Waals surface area contributed by atoms with E-state index in [0.717, 1.165) is 0 Å². The van der Waals surface area contributed by atoms with Crippen molar-refractivity contribution >= 4 is 18.0 Å². The molecule has 1 aromatic rings. The van der Waals surface area contributed by atoms with Crippen LogP contribution in [0, 0.1) is 11.7 Å². The number of rotatable bonds is 4. The van der Waals surface area contributed by atoms with Crippen LogP contribution in [0.15, 0.2) is 53.3 Å². The highest BCUT2D eigenvalue weighted by atomic mass is 19.1. The van der Waals surface area contributed by atoms with E-state index in [1.807, 2.05) is 0 Å². The number of benzene rings is 1. The first-order valence-corrected chi connectivity index (χ1v) is 10.5. The number of ether oxygens (including phenoxy) is 3. The molecule has 2 bridgehead atoms. The molecule has 1 fully saturated rings. The first-order chi connectivity index (χ1) is 15.1. The normalized spacial score (nSPS) is 33.8. The quantitative estimate of drug-likeness (QED) is 0.544. The Morgan fingerprint density at radius 3 is 2.75 bits per heavy atom. The van der Waals surface area contributed by atoms with E-state index in [2.05, 4.69) is 0 Å². The van der Waals surface area contributed by atoms with E-state index in [-0.39, 0.29) is 35.8 Å². The molecule has 0 radical (unpaired) electrons. The van der Waals surface area contributed by atoms with E-state index in [4.69, 9.17) is 14.2 Å². The molecule has 170 valence electrons. The lowest BCUT2D eigenvalue weighted by Gasteiger charge is -2.32. The van der Waals surface area contributed by atoms with Gasteiger partial charge in [0.25, 0.3) is 0 Å². The van der Waals surface area contributed by atoms with E-state index < -0.39 is 35.3 Å². The minimum absolute atomic E-state index is 0.0489. The number of hydrogen-bond acceptors (Lipinski definition) is 7. The third-order valence-electron chi connectivity index (χ3n) is 6.19. The standard InChI is InChI=1S/C24H25FO7/c1-14-11-18(26)21-17(13-30-20(27)8-5-15-3-6-16(25)7-4-15)22(28)31-19(21)12-23(2)9-10-24(14,29)32-23/h3-8,12,14,18,26,29H,9-11,13H2,1-2H3/b8-5+,19-12+/t14-,18+,23?,24?/m1/s1. The number of aliphatic hydroxyl groups excluding tert-OH is 1. The first-order valence-electron chi connectivity index (χ1n) is 10.5. The van der Waals surface area contributed by atoms with Crippen LogP contribution in [0.5, 0.6) is 0 Å². The van der Waals surface area contributed by atoms with Gasteiger partial charge in [0.05, 0.1) is 17.3 Å². The Balaban J connectivity index is 1.55. The lowest BCUT2D eigenvalue weighted by Crippen LogP contribution is -2.39. The third-order valence-corrected chi connectivity index (χ3v) is 6.19. The highest BCUT2D eigenvalue weighted by Crippen LogP contribution is 2.47. The van der Waals surface area contributed by atoms with Gasteiger partial charge in [0.1, 0.15) is 18.2 Å². The number of esters is 2. The lowest BCUT2D eigenvalue weighted by molar-refractivity contribution is -0.238. The Labute approximate surface area is 184 Å². The number of aliphatic hydroxyl groups is 2. The van der Waals surface area contributed by atoms with Crippen molar-refractivity contribution in [2.75, 3.05) is 6.61 Å². The summed E-state index contributed by atoms with van der Waals surface area (Å²) < 4.78 is 29.5. The summed E-state index contributed by atoms with van der Waals surface area (Å²) in [7, 11) is 0. The Hall–Kier alpha value is -2.81. The average molecular weight is 444 g/mol. The summed E-state index contributed by atoms with van der Waals surface area (Å²) in [6.07, 6.45) is 4.18. The SMILES string of the molecule is C[C@@H]1C[C@H](O)C2=C(COC(=O)/C=C/c3ccc(F)cc3)C(=O)O/C2=C/C2(C)CCC1(O)O2. The Morgan fingerprint density at radius 1 is 1.31 bits per heavy atom. The molecule has 1 aromatic carbocycles. The zero-order chi connectivity index (χ0) is 23.1. The highest BCUT2D eigenvalue weighted by Gasteiger charge is 2.51. The van der Waals surface area contributed by atoms with Gasteiger partial charge in [-0.05, 0) is 49.6 Å². The molecule has 3 aliphatic heterocycles. The van der Waals surface area contributed by atoms with Gasteiger partial charge < -0.3 is 24.4 Å². The first kappa shape index (κ1) is 22.4. The zero-order valence-corrected chi connectivity index (χ0v) is 17.8. The van der Waals surface area contributed by atoms with Gasteiger partial charge in [-0.15, -0.1) is 0 Å². The van der Waals surface area contributed by atoms with Crippen LogP contribution in [0.1, 0.15) is 38.7 Å². The Morgan fingerprint density at radius 2 is 2.03 bits per heavy atom. The summed E-state index contributed by atoms with van der Waals surface area (Å²) in [5.41, 5.74) is 0.0431. The molecule has 0 saturated carbocycles. The minimum atomic E-state index is -1.38. The Kier molecular flexibility index (Phi) is 5.79. The number of fused-ring (bicyclic) bond motifs is 3. The molecule has 0 spiro atoms. The van der Waals surface area contributed by atoms with Crippen LogP contribution in [-0.2, 0) is 23.8 Å². The van der Waals surface area contributed by atoms with Gasteiger partial charge in [0.2, 0.25) is 0 Å². The summed E-state index contributed by atoms with van der Waals surface area (Å²) in [5, 5.41) is 21.7. The van der Waals surface area contributed by atoms with Gasteiger partial charge in [-0.2, -0.15) is 0 Å². The van der Waals surface area contributed by atoms with Crippen molar-refractivity contribution in [2.24, 2.45) is 5.92 Å². The summed E-state index contributed by atoms with van der Waals surface area (Å²) in [6.45, 7) is 3.18. The fourth-order valence-corrected chi connectivity index (χ4v) is 4.31. The van der Waals surface area contributed by atoms with Crippen molar-refractivity contribution in [3.05, 3.63) is 64.7 Å². The van der Waals surface area contributed by atoms with Gasteiger partial charge in [-0.25, -0.2) is 14.0 Å². The fourth-order valence-electron chi connectivity index (χ4n) is 4.31.